The molecule has 0 unspecified atom stereocenters. The summed E-state index contributed by atoms with van der Waals surface area (Å²) < 4.78 is 59.6. The summed E-state index contributed by atoms with van der Waals surface area (Å²) >= 11 is -11.2. The molecule has 4 aromatic carbocycles. The van der Waals surface area contributed by atoms with Crippen LogP contribution in [0.4, 0.5) is 16.9 Å². The maximum absolute atomic E-state index is 11.2. The molecule has 8 heteroatoms. The number of hydrogen-bond donors (Lipinski definition) is 0. The number of halogens is 6. The molecular weight excluding hydrogens is 567 g/mol. The van der Waals surface area contributed by atoms with Crippen molar-refractivity contribution in [1.82, 2.24) is 0 Å². The Balaban J connectivity index is 0.000000449. The van der Waals surface area contributed by atoms with Crippen molar-refractivity contribution in [3.05, 3.63) is 127 Å². The molecule has 0 nitrogen and oxygen atoms in total. The molecule has 33 heavy (non-hydrogen) atoms. The molecule has 0 fully saturated rings. The van der Waals surface area contributed by atoms with Crippen molar-refractivity contribution in [1.29, 1.82) is 0 Å². The molecular formula is C25H23F6PSb+. The maximum atomic E-state index is 9.93. The van der Waals surface area contributed by atoms with Crippen molar-refractivity contribution < 1.29 is 18.3 Å². The van der Waals surface area contributed by atoms with Crippen LogP contribution < -0.4 is 15.9 Å². The van der Waals surface area contributed by atoms with Crippen LogP contribution in [-0.4, -0.2) is 19.5 Å². The summed E-state index contributed by atoms with van der Waals surface area (Å²) in [5, 5.41) is 4.30. The fraction of sp³-hybridized carbons (Fsp3) is 0.0400. The number of benzene rings is 4. The molecule has 0 spiro atoms. The average Bonchev–Trinajstić information content (AvgIpc) is 2.78. The van der Waals surface area contributed by atoms with Gasteiger partial charge in [-0.15, -0.1) is 0 Å². The molecule has 0 bridgehead atoms. The quantitative estimate of drug-likeness (QED) is 0.129. The Morgan fingerprint density at radius 1 is 0.455 bits per heavy atom. The van der Waals surface area contributed by atoms with Gasteiger partial charge in [-0.1, -0.05) is 84.9 Å². The minimum atomic E-state index is -11.2. The minimum absolute atomic E-state index is 0. The van der Waals surface area contributed by atoms with Crippen LogP contribution in [0, 0.1) is 0 Å². The van der Waals surface area contributed by atoms with Gasteiger partial charge in [0.1, 0.15) is 23.2 Å². The van der Waals surface area contributed by atoms with Crippen LogP contribution in [-0.2, 0) is 6.16 Å². The van der Waals surface area contributed by atoms with E-state index in [0.29, 0.717) is 0 Å². The minimum Gasteiger partial charge on any atom is -0.0622 e. The molecule has 0 amide bonds. The van der Waals surface area contributed by atoms with Crippen LogP contribution in [0.5, 0.6) is 0 Å². The molecule has 0 aliphatic rings. The summed E-state index contributed by atoms with van der Waals surface area (Å²) in [7, 11) is -1.78. The summed E-state index contributed by atoms with van der Waals surface area (Å²) in [6.45, 7) is 0. The molecule has 4 rings (SSSR count). The van der Waals surface area contributed by atoms with Crippen molar-refractivity contribution >= 4 is 42.7 Å². The zero-order valence-corrected chi connectivity index (χ0v) is 20.9. The second kappa shape index (κ2) is 9.16. The average molecular weight is 590 g/mol. The molecule has 4 aromatic rings. The van der Waals surface area contributed by atoms with Crippen LogP contribution in [0.2, 0.25) is 0 Å². The molecule has 0 N–H and O–H groups in total. The Kier molecular flexibility index (Phi) is 7.03. The van der Waals surface area contributed by atoms with E-state index >= 15 is 0 Å². The van der Waals surface area contributed by atoms with Crippen molar-refractivity contribution in [3.8, 4) is 0 Å². The first kappa shape index (κ1) is 25.3. The largest absolute Gasteiger partial charge is 1.00 e. The Hall–Kier alpha value is -2.29. The predicted molar refractivity (Wildman–Crippen MR) is 129 cm³/mol. The zero-order chi connectivity index (χ0) is 24.1. The summed E-state index contributed by atoms with van der Waals surface area (Å²) in [6.07, 6.45) is 1.03. The Labute approximate surface area is 193 Å². The van der Waals surface area contributed by atoms with Gasteiger partial charge in [0.2, 0.25) is 0 Å². The molecule has 0 aliphatic heterocycles. The molecule has 174 valence electrons. The molecule has 0 aliphatic carbocycles. The maximum Gasteiger partial charge on any atom is 1.00 e. The summed E-state index contributed by atoms with van der Waals surface area (Å²) in [5.74, 6) is 0. The van der Waals surface area contributed by atoms with E-state index in [1.807, 2.05) is 0 Å². The SMILES string of the molecule is [F][Sb-]([F])([F])([F])([F])[F].[H+].c1ccc(C[P+](c2ccccc2)(c2ccccc2)c2ccccc2)cc1. The van der Waals surface area contributed by atoms with Crippen molar-refractivity contribution in [2.45, 2.75) is 6.16 Å². The van der Waals surface area contributed by atoms with Gasteiger partial charge in [-0.3, -0.25) is 0 Å². The van der Waals surface area contributed by atoms with Crippen molar-refractivity contribution in [2.24, 2.45) is 0 Å². The smallest absolute Gasteiger partial charge is 0.0622 e. The first-order valence-electron chi connectivity index (χ1n) is 10.00. The van der Waals surface area contributed by atoms with Crippen molar-refractivity contribution in [3.63, 3.8) is 0 Å². The van der Waals surface area contributed by atoms with Gasteiger partial charge in [0.05, 0.1) is 6.16 Å². The standard InChI is InChI=1S/C25H22P.6FH.Sb/c1-5-13-22(14-6-1)21-26(23-15-7-2-8-16-23,24-17-9-3-10-18-24)25-19-11-4-12-20-25;;;;;;;/h1-20H,21H2;6*1H;/q+1;;;;;;;+5/p-5. The van der Waals surface area contributed by atoms with E-state index in [1.165, 1.54) is 21.5 Å². The van der Waals surface area contributed by atoms with E-state index in [2.05, 4.69) is 121 Å². The number of hydrogen-bond acceptors (Lipinski definition) is 0. The van der Waals surface area contributed by atoms with E-state index in [0.717, 1.165) is 6.16 Å². The Bertz CT molecular complexity index is 1050. The van der Waals surface area contributed by atoms with Crippen LogP contribution in [0.15, 0.2) is 121 Å². The van der Waals surface area contributed by atoms with Gasteiger partial charge < -0.3 is 0 Å². The molecule has 0 aromatic heterocycles. The molecule has 0 radical (unpaired) electrons. The monoisotopic (exact) mass is 589 g/mol. The van der Waals surface area contributed by atoms with Gasteiger partial charge in [-0.05, 0) is 42.0 Å². The van der Waals surface area contributed by atoms with E-state index in [-0.39, 0.29) is 1.43 Å². The van der Waals surface area contributed by atoms with Gasteiger partial charge in [0, 0.05) is 0 Å². The van der Waals surface area contributed by atoms with Gasteiger partial charge in [-0.25, -0.2) is 0 Å². The fourth-order valence-electron chi connectivity index (χ4n) is 3.63. The van der Waals surface area contributed by atoms with Gasteiger partial charge in [0.25, 0.3) is 0 Å². The summed E-state index contributed by atoms with van der Waals surface area (Å²) in [4.78, 5) is 0. The molecule has 0 saturated heterocycles. The van der Waals surface area contributed by atoms with E-state index < -0.39 is 26.7 Å². The first-order chi connectivity index (χ1) is 15.3. The van der Waals surface area contributed by atoms with E-state index in [4.69, 9.17) is 0 Å². The molecule has 0 saturated carbocycles. The normalized spacial score (nSPS) is 13.8. The third-order valence-electron chi connectivity index (χ3n) is 4.85. The molecule has 0 heterocycles. The van der Waals surface area contributed by atoms with Crippen LogP contribution in [0.25, 0.3) is 0 Å². The first-order valence-corrected chi connectivity index (χ1v) is 17.8. The van der Waals surface area contributed by atoms with Gasteiger partial charge in [0.15, 0.2) is 0 Å². The second-order valence-electron chi connectivity index (χ2n) is 7.42. The fourth-order valence-corrected chi connectivity index (χ4v) is 7.87. The topological polar surface area (TPSA) is 0 Å². The Morgan fingerprint density at radius 2 is 0.697 bits per heavy atom. The van der Waals surface area contributed by atoms with E-state index in [9.17, 15) is 16.9 Å². The van der Waals surface area contributed by atoms with Crippen molar-refractivity contribution in [2.75, 3.05) is 0 Å². The third kappa shape index (κ3) is 8.21. The zero-order valence-electron chi connectivity index (χ0n) is 18.4. The second-order valence-corrected chi connectivity index (χ2v) is 16.4. The predicted octanol–water partition coefficient (Wildman–Crippen LogP) is 7.43. The summed E-state index contributed by atoms with van der Waals surface area (Å²) in [6, 6.07) is 44.0. The summed E-state index contributed by atoms with van der Waals surface area (Å²) in [5.41, 5.74) is 1.39. The van der Waals surface area contributed by atoms with Crippen LogP contribution >= 0.6 is 7.26 Å². The van der Waals surface area contributed by atoms with Gasteiger partial charge >= 0.3 is 37.8 Å². The van der Waals surface area contributed by atoms with Crippen LogP contribution in [0.1, 0.15) is 6.99 Å². The molecule has 0 atom stereocenters. The Morgan fingerprint density at radius 3 is 0.970 bits per heavy atom. The van der Waals surface area contributed by atoms with Crippen LogP contribution in [0.3, 0.4) is 0 Å². The van der Waals surface area contributed by atoms with Gasteiger partial charge in [-0.2, -0.15) is 0 Å². The van der Waals surface area contributed by atoms with E-state index in [1.54, 1.807) is 0 Å². The number of rotatable bonds is 5. The third-order valence-corrected chi connectivity index (χ3v) is 9.23.